The Labute approximate surface area is 205 Å². The molecule has 13 heteroatoms. The molecule has 0 aliphatic rings. The number of rotatable bonds is 5. The highest BCUT2D eigenvalue weighted by Gasteiger charge is 2.19. The quantitative estimate of drug-likeness (QED) is 0.287. The average Bonchev–Trinajstić information content (AvgIpc) is 3.18. The summed E-state index contributed by atoms with van der Waals surface area (Å²) in [7, 11) is 1.66. The number of hydrogen-bond donors (Lipinski definition) is 1. The summed E-state index contributed by atoms with van der Waals surface area (Å²) < 4.78 is 59.2. The molecular formula is C24H17F4N7O2. The van der Waals surface area contributed by atoms with Crippen LogP contribution >= 0.6 is 0 Å². The number of benzene rings is 2. The van der Waals surface area contributed by atoms with E-state index in [-0.39, 0.29) is 16.9 Å². The molecular weight excluding hydrogens is 494 g/mol. The summed E-state index contributed by atoms with van der Waals surface area (Å²) in [5.41, 5.74) is -1.12. The van der Waals surface area contributed by atoms with Gasteiger partial charge in [0.05, 0.1) is 29.6 Å². The van der Waals surface area contributed by atoms with Gasteiger partial charge in [-0.2, -0.15) is 10.1 Å². The van der Waals surface area contributed by atoms with Crippen molar-refractivity contribution >= 4 is 22.5 Å². The highest BCUT2D eigenvalue weighted by Crippen LogP contribution is 2.24. The number of halogens is 4. The van der Waals surface area contributed by atoms with Crippen LogP contribution in [0.2, 0.25) is 0 Å². The number of fused-ring (bicyclic) bond motifs is 1. The molecule has 1 N–H and O–H groups in total. The molecule has 0 fully saturated rings. The van der Waals surface area contributed by atoms with Crippen LogP contribution in [0.3, 0.4) is 0 Å². The first-order valence-corrected chi connectivity index (χ1v) is 10.8. The van der Waals surface area contributed by atoms with Crippen LogP contribution in [0.15, 0.2) is 58.5 Å². The van der Waals surface area contributed by atoms with Crippen LogP contribution in [0.1, 0.15) is 11.1 Å². The van der Waals surface area contributed by atoms with Gasteiger partial charge in [-0.15, -0.1) is 0 Å². The molecule has 0 amide bonds. The van der Waals surface area contributed by atoms with E-state index in [1.165, 1.54) is 29.2 Å². The minimum Gasteiger partial charge on any atom is -0.323 e. The van der Waals surface area contributed by atoms with E-state index < -0.39 is 47.1 Å². The van der Waals surface area contributed by atoms with E-state index in [0.717, 1.165) is 10.6 Å². The molecule has 0 spiro atoms. The fraction of sp³-hybridized carbons (Fsp3) is 0.125. The van der Waals surface area contributed by atoms with E-state index in [1.54, 1.807) is 20.2 Å². The zero-order valence-corrected chi connectivity index (χ0v) is 19.3. The maximum absolute atomic E-state index is 14.9. The van der Waals surface area contributed by atoms with Crippen molar-refractivity contribution in [1.29, 1.82) is 0 Å². The first-order valence-electron chi connectivity index (χ1n) is 10.8. The van der Waals surface area contributed by atoms with Gasteiger partial charge < -0.3 is 5.32 Å². The second-order valence-electron chi connectivity index (χ2n) is 8.33. The van der Waals surface area contributed by atoms with E-state index in [4.69, 9.17) is 0 Å². The summed E-state index contributed by atoms with van der Waals surface area (Å²) >= 11 is 0. The molecule has 9 nitrogen and oxygen atoms in total. The first kappa shape index (κ1) is 23.9. The Bertz CT molecular complexity index is 1790. The fourth-order valence-electron chi connectivity index (χ4n) is 3.88. The lowest BCUT2D eigenvalue weighted by Crippen LogP contribution is -2.41. The molecule has 5 rings (SSSR count). The molecule has 0 unspecified atom stereocenters. The Morgan fingerprint density at radius 2 is 1.68 bits per heavy atom. The van der Waals surface area contributed by atoms with E-state index in [1.807, 2.05) is 0 Å². The number of nitrogens with one attached hydrogen (secondary N) is 1. The molecule has 0 saturated carbocycles. The molecule has 0 bridgehead atoms. The first-order chi connectivity index (χ1) is 17.6. The van der Waals surface area contributed by atoms with Gasteiger partial charge in [-0.05, 0) is 42.3 Å². The highest BCUT2D eigenvalue weighted by atomic mass is 19.2. The van der Waals surface area contributed by atoms with Crippen LogP contribution in [0.25, 0.3) is 16.6 Å². The summed E-state index contributed by atoms with van der Waals surface area (Å²) in [6.45, 7) is 1.17. The Morgan fingerprint density at radius 1 is 0.946 bits per heavy atom. The normalized spacial score (nSPS) is 11.3. The van der Waals surface area contributed by atoms with Gasteiger partial charge in [0.25, 0.3) is 0 Å². The summed E-state index contributed by atoms with van der Waals surface area (Å²) in [6, 6.07) is 5.50. The Balaban J connectivity index is 1.69. The molecule has 188 valence electrons. The second-order valence-corrected chi connectivity index (χ2v) is 8.33. The van der Waals surface area contributed by atoms with E-state index in [0.29, 0.717) is 33.2 Å². The summed E-state index contributed by atoms with van der Waals surface area (Å²) in [5, 5.41) is 7.30. The molecule has 0 saturated heterocycles. The molecule has 37 heavy (non-hydrogen) atoms. The topological polar surface area (TPSA) is 99.6 Å². The van der Waals surface area contributed by atoms with Crippen molar-refractivity contribution in [2.75, 3.05) is 5.32 Å². The van der Waals surface area contributed by atoms with Crippen LogP contribution in [0, 0.1) is 30.2 Å². The van der Waals surface area contributed by atoms with Gasteiger partial charge in [0.1, 0.15) is 5.82 Å². The lowest BCUT2D eigenvalue weighted by atomic mass is 10.2. The second kappa shape index (κ2) is 9.00. The average molecular weight is 511 g/mol. The number of hydrogen-bond acceptors (Lipinski definition) is 6. The zero-order chi connectivity index (χ0) is 26.4. The number of anilines is 2. The lowest BCUT2D eigenvalue weighted by molar-refractivity contribution is 0.444. The van der Waals surface area contributed by atoms with Crippen LogP contribution < -0.4 is 16.7 Å². The van der Waals surface area contributed by atoms with Crippen LogP contribution in [0.5, 0.6) is 0 Å². The smallest absolute Gasteiger partial charge is 0.323 e. The minimum atomic E-state index is -1.67. The molecule has 5 aromatic rings. The van der Waals surface area contributed by atoms with E-state index in [9.17, 15) is 27.2 Å². The van der Waals surface area contributed by atoms with Crippen molar-refractivity contribution < 1.29 is 17.6 Å². The van der Waals surface area contributed by atoms with Crippen LogP contribution in [-0.4, -0.2) is 28.9 Å². The monoisotopic (exact) mass is 511 g/mol. The van der Waals surface area contributed by atoms with Gasteiger partial charge in [-0.3, -0.25) is 14.2 Å². The third-order valence-corrected chi connectivity index (χ3v) is 5.53. The molecule has 3 aromatic heterocycles. The fourth-order valence-corrected chi connectivity index (χ4v) is 3.88. The van der Waals surface area contributed by atoms with Crippen molar-refractivity contribution in [3.05, 3.63) is 104 Å². The maximum Gasteiger partial charge on any atom is 0.359 e. The standard InChI is InChI=1S/C24H17F4N7O2/c1-12-3-15(9-29-8-12)35-23(36)31-22(30-20-6-14-11-33(2)32-19(14)7-16(20)25)34(24(35)37)10-13-4-17(26)21(28)18(27)5-13/h3-9,11H,10H2,1-2H3,(H,30,31,36). The molecule has 0 aliphatic heterocycles. The predicted octanol–water partition coefficient (Wildman–Crippen LogP) is 3.33. The Hall–Kier alpha value is -4.81. The van der Waals surface area contributed by atoms with Crippen molar-refractivity contribution in [3.63, 3.8) is 0 Å². The summed E-state index contributed by atoms with van der Waals surface area (Å²) in [6.07, 6.45) is 4.41. The predicted molar refractivity (Wildman–Crippen MR) is 126 cm³/mol. The summed E-state index contributed by atoms with van der Waals surface area (Å²) in [4.78, 5) is 34.3. The molecule has 0 atom stereocenters. The molecule has 0 aliphatic carbocycles. The number of nitrogens with zero attached hydrogens (tertiary/aromatic N) is 6. The van der Waals surface area contributed by atoms with Crippen LogP contribution in [0.4, 0.5) is 29.2 Å². The van der Waals surface area contributed by atoms with Crippen molar-refractivity contribution in [2.45, 2.75) is 13.5 Å². The van der Waals surface area contributed by atoms with E-state index >= 15 is 0 Å². The van der Waals surface area contributed by atoms with Gasteiger partial charge in [0.15, 0.2) is 17.5 Å². The molecule has 2 aromatic carbocycles. The van der Waals surface area contributed by atoms with Gasteiger partial charge in [-0.25, -0.2) is 31.7 Å². The Kier molecular flexibility index (Phi) is 5.82. The van der Waals surface area contributed by atoms with Gasteiger partial charge in [0.2, 0.25) is 5.95 Å². The van der Waals surface area contributed by atoms with Crippen molar-refractivity contribution in [1.82, 2.24) is 28.9 Å². The zero-order valence-electron chi connectivity index (χ0n) is 19.3. The van der Waals surface area contributed by atoms with Gasteiger partial charge in [0, 0.05) is 30.9 Å². The number of pyridine rings is 1. The maximum atomic E-state index is 14.9. The van der Waals surface area contributed by atoms with Gasteiger partial charge in [-0.1, -0.05) is 0 Å². The van der Waals surface area contributed by atoms with Crippen molar-refractivity contribution in [2.24, 2.45) is 7.05 Å². The van der Waals surface area contributed by atoms with Gasteiger partial charge >= 0.3 is 11.4 Å². The third-order valence-electron chi connectivity index (χ3n) is 5.53. The SMILES string of the molecule is Cc1cncc(-n2c(=O)nc(Nc3cc4cn(C)nc4cc3F)n(Cc3cc(F)c(F)c(F)c3)c2=O)c1. The van der Waals surface area contributed by atoms with Crippen LogP contribution in [-0.2, 0) is 13.6 Å². The summed E-state index contributed by atoms with van der Waals surface area (Å²) in [5.74, 6) is -5.75. The molecule has 0 radical (unpaired) electrons. The minimum absolute atomic E-state index is 0.0993. The highest BCUT2D eigenvalue weighted by molar-refractivity contribution is 5.83. The van der Waals surface area contributed by atoms with E-state index in [2.05, 4.69) is 20.4 Å². The lowest BCUT2D eigenvalue weighted by Gasteiger charge is -2.16. The van der Waals surface area contributed by atoms with Crippen molar-refractivity contribution in [3.8, 4) is 5.69 Å². The molecule has 3 heterocycles. The number of aromatic nitrogens is 6. The number of aryl methyl sites for hydroxylation is 2. The Morgan fingerprint density at radius 3 is 2.38 bits per heavy atom. The third kappa shape index (κ3) is 4.46. The largest absolute Gasteiger partial charge is 0.359 e.